The molecule has 204 valence electrons. The van der Waals surface area contributed by atoms with Gasteiger partial charge in [-0.05, 0) is 24.5 Å². The fourth-order valence-electron chi connectivity index (χ4n) is 3.90. The molecule has 1 amide bonds. The van der Waals surface area contributed by atoms with Crippen molar-refractivity contribution in [3.8, 4) is 5.88 Å². The first-order valence-corrected chi connectivity index (χ1v) is 12.2. The monoisotopic (exact) mass is 560 g/mol. The second kappa shape index (κ2) is 11.6. The molecule has 4 rings (SSSR count). The number of nitrogens with zero attached hydrogens (tertiary/aromatic N) is 5. The van der Waals surface area contributed by atoms with E-state index in [2.05, 4.69) is 24.6 Å². The highest BCUT2D eigenvalue weighted by atomic mass is 32.1. The Labute approximate surface area is 217 Å². The Morgan fingerprint density at radius 3 is 2.61 bits per heavy atom. The molecule has 38 heavy (non-hydrogen) atoms. The summed E-state index contributed by atoms with van der Waals surface area (Å²) in [6.45, 7) is 1.26. The molecule has 2 atom stereocenters. The number of hydrogen-bond donors (Lipinski definition) is 1. The first-order chi connectivity index (χ1) is 18.0. The number of piperidine rings is 1. The van der Waals surface area contributed by atoms with Gasteiger partial charge in [-0.15, -0.1) is 0 Å². The number of amides is 1. The maximum absolute atomic E-state index is 14.4. The second-order valence-corrected chi connectivity index (χ2v) is 9.44. The molecule has 1 aliphatic heterocycles. The molecule has 0 radical (unpaired) electrons. The van der Waals surface area contributed by atoms with E-state index in [1.165, 1.54) is 23.2 Å². The minimum Gasteiger partial charge on any atom is -0.471 e. The van der Waals surface area contributed by atoms with Crippen LogP contribution in [0.3, 0.4) is 0 Å². The van der Waals surface area contributed by atoms with Crippen molar-refractivity contribution in [2.75, 3.05) is 25.0 Å². The van der Waals surface area contributed by atoms with Crippen LogP contribution >= 0.6 is 11.5 Å². The number of carbonyl (C=O) groups is 1. The molecule has 0 saturated carbocycles. The summed E-state index contributed by atoms with van der Waals surface area (Å²) in [6, 6.07) is 2.96. The van der Waals surface area contributed by atoms with E-state index >= 15 is 0 Å². The van der Waals surface area contributed by atoms with Gasteiger partial charge in [0.1, 0.15) is 12.3 Å². The van der Waals surface area contributed by atoms with Crippen LogP contribution in [0.4, 0.5) is 32.0 Å². The van der Waals surface area contributed by atoms with E-state index in [-0.39, 0.29) is 43.1 Å². The van der Waals surface area contributed by atoms with E-state index in [0.717, 1.165) is 17.7 Å². The number of likely N-dealkylation sites (tertiary alicyclic amines) is 1. The van der Waals surface area contributed by atoms with Crippen molar-refractivity contribution < 1.29 is 35.9 Å². The number of carbonyl (C=O) groups excluding carboxylic acids is 1. The minimum atomic E-state index is -4.60. The average molecular weight is 561 g/mol. The molecule has 1 aliphatic rings. The van der Waals surface area contributed by atoms with Gasteiger partial charge >= 0.3 is 6.18 Å². The highest BCUT2D eigenvalue weighted by Crippen LogP contribution is 2.28. The molecule has 1 saturated heterocycles. The number of alkyl halides is 6. The number of pyridine rings is 1. The predicted molar refractivity (Wildman–Crippen MR) is 125 cm³/mol. The number of halogens is 6. The van der Waals surface area contributed by atoms with E-state index in [1.54, 1.807) is 6.92 Å². The van der Waals surface area contributed by atoms with E-state index in [4.69, 9.17) is 4.74 Å². The Morgan fingerprint density at radius 1 is 1.21 bits per heavy atom. The van der Waals surface area contributed by atoms with E-state index < -0.39 is 43.0 Å². The summed E-state index contributed by atoms with van der Waals surface area (Å²) in [5.41, 5.74) is 0.135. The third-order valence-electron chi connectivity index (χ3n) is 5.73. The van der Waals surface area contributed by atoms with E-state index in [9.17, 15) is 31.1 Å². The predicted octanol–water partition coefficient (Wildman–Crippen LogP) is 4.55. The van der Waals surface area contributed by atoms with Crippen molar-refractivity contribution in [2.45, 2.75) is 44.6 Å². The second-order valence-electron chi connectivity index (χ2n) is 8.58. The lowest BCUT2D eigenvalue weighted by atomic mass is 10.1. The molecule has 15 heteroatoms. The van der Waals surface area contributed by atoms with Gasteiger partial charge < -0.3 is 10.1 Å². The summed E-state index contributed by atoms with van der Waals surface area (Å²) in [4.78, 5) is 26.1. The molecule has 8 nitrogen and oxygen atoms in total. The number of rotatable bonds is 8. The Kier molecular flexibility index (Phi) is 8.45. The minimum absolute atomic E-state index is 0.0605. The average Bonchev–Trinajstić information content (AvgIpc) is 3.21. The van der Waals surface area contributed by atoms with Gasteiger partial charge in [0.2, 0.25) is 5.88 Å². The van der Waals surface area contributed by atoms with Crippen molar-refractivity contribution in [1.29, 1.82) is 0 Å². The molecule has 0 spiro atoms. The third-order valence-corrected chi connectivity index (χ3v) is 6.66. The van der Waals surface area contributed by atoms with Crippen LogP contribution in [0.1, 0.15) is 38.7 Å². The van der Waals surface area contributed by atoms with Crippen LogP contribution in [0, 0.1) is 6.92 Å². The van der Waals surface area contributed by atoms with Crippen molar-refractivity contribution in [3.05, 3.63) is 58.2 Å². The number of aromatic nitrogens is 4. The first-order valence-electron chi connectivity index (χ1n) is 11.4. The molecule has 1 N–H and O–H groups in total. The van der Waals surface area contributed by atoms with Crippen LogP contribution in [0.2, 0.25) is 0 Å². The standard InChI is InChI=1S/C23H22F6N6O2S/c1-12-21(17(38-34-12)6-14-8-31-18(9-30-14)23(27,28)29)22(36)33-13-2-3-20(32-7-13)37-16-4-5-35(10-15(16)24)11-19(25)26/h2-3,7-9,15-16,19H,4-6,10-11H2,1H3,(H,33,36)/t15-,16-/m1/s1. The molecule has 1 fully saturated rings. The van der Waals surface area contributed by atoms with Gasteiger partial charge in [-0.1, -0.05) is 0 Å². The maximum atomic E-state index is 14.4. The summed E-state index contributed by atoms with van der Waals surface area (Å²) in [5.74, 6) is -0.385. The van der Waals surface area contributed by atoms with Gasteiger partial charge in [0.15, 0.2) is 5.69 Å². The zero-order chi connectivity index (χ0) is 27.4. The molecule has 3 aromatic heterocycles. The van der Waals surface area contributed by atoms with Gasteiger partial charge in [-0.2, -0.15) is 17.5 Å². The summed E-state index contributed by atoms with van der Waals surface area (Å²) in [6.07, 6.45) is -6.17. The van der Waals surface area contributed by atoms with Crippen molar-refractivity contribution in [3.63, 3.8) is 0 Å². The number of nitrogens with one attached hydrogen (secondary N) is 1. The summed E-state index contributed by atoms with van der Waals surface area (Å²) < 4.78 is 87.4. The van der Waals surface area contributed by atoms with Gasteiger partial charge in [0.05, 0.1) is 41.6 Å². The largest absolute Gasteiger partial charge is 0.471 e. The Balaban J connectivity index is 1.36. The lowest BCUT2D eigenvalue weighted by Crippen LogP contribution is -2.48. The zero-order valence-corrected chi connectivity index (χ0v) is 20.7. The number of ether oxygens (including phenoxy) is 1. The molecule has 4 heterocycles. The van der Waals surface area contributed by atoms with Crippen molar-refractivity contribution in [1.82, 2.24) is 24.2 Å². The van der Waals surface area contributed by atoms with Gasteiger partial charge in [-0.3, -0.25) is 14.7 Å². The molecule has 3 aromatic rings. The SMILES string of the molecule is Cc1nsc(Cc2cnc(C(F)(F)F)cn2)c1C(=O)Nc1ccc(O[C@@H]2CCN(CC(F)F)C[C@H]2F)nc1. The topological polar surface area (TPSA) is 93.1 Å². The van der Waals surface area contributed by atoms with Crippen LogP contribution in [0.5, 0.6) is 5.88 Å². The Morgan fingerprint density at radius 2 is 2.00 bits per heavy atom. The van der Waals surface area contributed by atoms with Gasteiger partial charge in [0.25, 0.3) is 12.3 Å². The molecular formula is C23H22F6N6O2S. The Hall–Kier alpha value is -3.33. The maximum Gasteiger partial charge on any atom is 0.434 e. The first kappa shape index (κ1) is 27.7. The third kappa shape index (κ3) is 6.95. The molecule has 0 bridgehead atoms. The lowest BCUT2D eigenvalue weighted by molar-refractivity contribution is -0.141. The molecule has 0 aliphatic carbocycles. The number of aryl methyl sites for hydroxylation is 1. The summed E-state index contributed by atoms with van der Waals surface area (Å²) in [7, 11) is 0. The Bertz CT molecular complexity index is 1240. The van der Waals surface area contributed by atoms with Crippen LogP contribution in [0.25, 0.3) is 0 Å². The van der Waals surface area contributed by atoms with Crippen molar-refractivity contribution >= 4 is 23.1 Å². The van der Waals surface area contributed by atoms with E-state index in [0.29, 0.717) is 22.5 Å². The van der Waals surface area contributed by atoms with Crippen LogP contribution in [0.15, 0.2) is 30.7 Å². The highest BCUT2D eigenvalue weighted by Gasteiger charge is 2.33. The molecule has 0 unspecified atom stereocenters. The van der Waals surface area contributed by atoms with Gasteiger partial charge in [0, 0.05) is 43.1 Å². The molecule has 0 aromatic carbocycles. The quantitative estimate of drug-likeness (QED) is 0.404. The van der Waals surface area contributed by atoms with Crippen LogP contribution in [-0.2, 0) is 12.6 Å². The van der Waals surface area contributed by atoms with Crippen molar-refractivity contribution in [2.24, 2.45) is 0 Å². The highest BCUT2D eigenvalue weighted by molar-refractivity contribution is 7.06. The smallest absolute Gasteiger partial charge is 0.434 e. The molecular weight excluding hydrogens is 538 g/mol. The van der Waals surface area contributed by atoms with E-state index in [1.807, 2.05) is 0 Å². The lowest BCUT2D eigenvalue weighted by Gasteiger charge is -2.34. The normalized spacial score (nSPS) is 18.5. The number of anilines is 1. The van der Waals surface area contributed by atoms with Crippen LogP contribution < -0.4 is 10.1 Å². The zero-order valence-electron chi connectivity index (χ0n) is 19.9. The van der Waals surface area contributed by atoms with Gasteiger partial charge in [-0.25, -0.2) is 23.1 Å². The summed E-state index contributed by atoms with van der Waals surface area (Å²) in [5, 5.41) is 2.68. The summed E-state index contributed by atoms with van der Waals surface area (Å²) >= 11 is 1.03. The van der Waals surface area contributed by atoms with Crippen LogP contribution in [-0.4, -0.2) is 68.5 Å². The fraction of sp³-hybridized carbons (Fsp3) is 0.435. The number of hydrogen-bond acceptors (Lipinski definition) is 8. The fourth-order valence-corrected chi connectivity index (χ4v) is 4.78.